The van der Waals surface area contributed by atoms with Crippen molar-refractivity contribution in [3.05, 3.63) is 59.5 Å². The van der Waals surface area contributed by atoms with E-state index in [0.717, 1.165) is 89.6 Å². The smallest absolute Gasteiger partial charge is 0.409 e. The summed E-state index contributed by atoms with van der Waals surface area (Å²) in [6.07, 6.45) is 5.41. The number of piperidine rings is 1. The van der Waals surface area contributed by atoms with Crippen LogP contribution in [0.5, 0.6) is 5.75 Å². The molecule has 0 saturated carbocycles. The monoisotopic (exact) mass is 541 g/mol. The van der Waals surface area contributed by atoms with Gasteiger partial charge in [0.15, 0.2) is 0 Å². The first-order chi connectivity index (χ1) is 19.4. The topological polar surface area (TPSA) is 109 Å². The van der Waals surface area contributed by atoms with E-state index in [1.54, 1.807) is 6.20 Å². The van der Waals surface area contributed by atoms with Crippen molar-refractivity contribution < 1.29 is 14.3 Å². The summed E-state index contributed by atoms with van der Waals surface area (Å²) in [5, 5.41) is 16.9. The second-order valence-electron chi connectivity index (χ2n) is 11.1. The predicted octanol–water partition coefficient (Wildman–Crippen LogP) is 5.23. The molecule has 1 spiro atoms. The summed E-state index contributed by atoms with van der Waals surface area (Å²) in [5.74, 6) is 1.70. The van der Waals surface area contributed by atoms with E-state index in [1.165, 1.54) is 0 Å². The van der Waals surface area contributed by atoms with Gasteiger partial charge in [-0.15, -0.1) is 0 Å². The number of hydrogen-bond donors (Lipinski definition) is 1. The van der Waals surface area contributed by atoms with Gasteiger partial charge in [-0.05, 0) is 76.4 Å². The van der Waals surface area contributed by atoms with Gasteiger partial charge in [-0.2, -0.15) is 15.3 Å². The number of fused-ring (bicyclic) bond motifs is 1. The number of ether oxygens (including phenoxy) is 2. The summed E-state index contributed by atoms with van der Waals surface area (Å²) in [5.41, 5.74) is 5.82. The average Bonchev–Trinajstić information content (AvgIpc) is 3.35. The van der Waals surface area contributed by atoms with E-state index in [2.05, 4.69) is 37.4 Å². The minimum absolute atomic E-state index is 0.126. The van der Waals surface area contributed by atoms with E-state index in [1.807, 2.05) is 57.0 Å². The SMILES string of the molecule is CCOC(=O)N1CCCC2(C1)CN(c1ccc(-c3n[nH]c4ccc(OC(C)c5c(C)cnnc5C)cc34)cn1)C2. The molecule has 0 aliphatic carbocycles. The third-order valence-electron chi connectivity index (χ3n) is 8.11. The van der Waals surface area contributed by atoms with Crippen LogP contribution in [0.25, 0.3) is 22.2 Å². The third-order valence-corrected chi connectivity index (χ3v) is 8.11. The standard InChI is InChI=1S/C30H35N7O3/c1-5-39-29(38)36-12-6-11-30(16-36)17-37(18-30)26-10-7-22(15-31-26)28-24-13-23(8-9-25(24)34-35-28)40-21(4)27-19(2)14-32-33-20(27)3/h7-10,13-15,21H,5-6,11-12,16-18H2,1-4H3,(H,34,35). The van der Waals surface area contributed by atoms with E-state index in [4.69, 9.17) is 14.5 Å². The number of benzene rings is 1. The lowest BCUT2D eigenvalue weighted by molar-refractivity contribution is 0.0433. The maximum atomic E-state index is 12.2. The van der Waals surface area contributed by atoms with Gasteiger partial charge in [0.1, 0.15) is 23.4 Å². The lowest BCUT2D eigenvalue weighted by Crippen LogP contribution is -2.64. The van der Waals surface area contributed by atoms with Crippen molar-refractivity contribution >= 4 is 22.8 Å². The number of nitrogens with zero attached hydrogens (tertiary/aromatic N) is 6. The molecule has 1 amide bonds. The number of hydrogen-bond acceptors (Lipinski definition) is 8. The summed E-state index contributed by atoms with van der Waals surface area (Å²) >= 11 is 0. The molecule has 10 nitrogen and oxygen atoms in total. The zero-order valence-electron chi connectivity index (χ0n) is 23.5. The van der Waals surface area contributed by atoms with Crippen LogP contribution in [-0.4, -0.2) is 69.2 Å². The van der Waals surface area contributed by atoms with Crippen molar-refractivity contribution in [2.45, 2.75) is 46.6 Å². The molecule has 2 aliphatic heterocycles. The number of H-pyrrole nitrogens is 1. The quantitative estimate of drug-likeness (QED) is 0.353. The molecule has 3 aromatic heterocycles. The van der Waals surface area contributed by atoms with E-state index in [-0.39, 0.29) is 17.6 Å². The van der Waals surface area contributed by atoms with Crippen molar-refractivity contribution in [1.82, 2.24) is 30.3 Å². The number of carbonyl (C=O) groups excluding carboxylic acids is 1. The van der Waals surface area contributed by atoms with E-state index in [0.29, 0.717) is 6.61 Å². The molecular weight excluding hydrogens is 506 g/mol. The Labute approximate surface area is 233 Å². The van der Waals surface area contributed by atoms with Crippen LogP contribution in [0.2, 0.25) is 0 Å². The summed E-state index contributed by atoms with van der Waals surface area (Å²) in [4.78, 5) is 21.2. The van der Waals surface area contributed by atoms with Gasteiger partial charge in [0.05, 0.1) is 24.0 Å². The van der Waals surface area contributed by atoms with E-state index in [9.17, 15) is 4.79 Å². The Balaban J connectivity index is 1.15. The van der Waals surface area contributed by atoms with Gasteiger partial charge >= 0.3 is 6.09 Å². The zero-order chi connectivity index (χ0) is 27.9. The van der Waals surface area contributed by atoms with Crippen LogP contribution >= 0.6 is 0 Å². The number of aromatic nitrogens is 5. The predicted molar refractivity (Wildman–Crippen MR) is 152 cm³/mol. The van der Waals surface area contributed by atoms with Gasteiger partial charge in [0, 0.05) is 54.3 Å². The fourth-order valence-electron chi connectivity index (χ4n) is 6.25. The Morgan fingerprint density at radius 3 is 2.75 bits per heavy atom. The highest BCUT2D eigenvalue weighted by molar-refractivity contribution is 5.93. The highest BCUT2D eigenvalue weighted by atomic mass is 16.6. The number of rotatable bonds is 6. The molecular formula is C30H35N7O3. The zero-order valence-corrected chi connectivity index (χ0v) is 23.5. The molecule has 0 radical (unpaired) electrons. The van der Waals surface area contributed by atoms with Crippen LogP contribution < -0.4 is 9.64 Å². The number of aromatic amines is 1. The Bertz CT molecular complexity index is 1510. The van der Waals surface area contributed by atoms with Gasteiger partial charge < -0.3 is 19.3 Å². The third kappa shape index (κ3) is 4.82. The van der Waals surface area contributed by atoms with Crippen molar-refractivity contribution in [2.24, 2.45) is 5.41 Å². The number of carbonyl (C=O) groups is 1. The molecule has 0 bridgehead atoms. The number of pyridine rings is 1. The van der Waals surface area contributed by atoms with Crippen molar-refractivity contribution in [2.75, 3.05) is 37.7 Å². The number of anilines is 1. The normalized spacial score (nSPS) is 17.1. The van der Waals surface area contributed by atoms with Gasteiger partial charge in [-0.1, -0.05) is 0 Å². The molecule has 1 atom stereocenters. The summed E-state index contributed by atoms with van der Waals surface area (Å²) in [6.45, 7) is 11.6. The van der Waals surface area contributed by atoms with Gasteiger partial charge in [-0.3, -0.25) is 5.10 Å². The minimum atomic E-state index is -0.198. The van der Waals surface area contributed by atoms with Crippen LogP contribution in [0.4, 0.5) is 10.6 Å². The Morgan fingerprint density at radius 1 is 1.15 bits per heavy atom. The molecule has 10 heteroatoms. The highest BCUT2D eigenvalue weighted by Crippen LogP contribution is 2.41. The second kappa shape index (κ2) is 10.4. The maximum absolute atomic E-state index is 12.2. The first-order valence-corrected chi connectivity index (χ1v) is 13.9. The lowest BCUT2D eigenvalue weighted by Gasteiger charge is -2.54. The molecule has 4 aromatic rings. The van der Waals surface area contributed by atoms with Gasteiger partial charge in [0.2, 0.25) is 0 Å². The molecule has 2 aliphatic rings. The molecule has 6 rings (SSSR count). The number of nitrogens with one attached hydrogen (secondary N) is 1. The molecule has 2 saturated heterocycles. The fraction of sp³-hybridized carbons (Fsp3) is 0.433. The van der Waals surface area contributed by atoms with Crippen molar-refractivity contribution in [1.29, 1.82) is 0 Å². The van der Waals surface area contributed by atoms with Crippen molar-refractivity contribution in [3.8, 4) is 17.0 Å². The van der Waals surface area contributed by atoms with Crippen LogP contribution in [-0.2, 0) is 4.74 Å². The molecule has 2 fully saturated rings. The molecule has 1 N–H and O–H groups in total. The largest absolute Gasteiger partial charge is 0.486 e. The van der Waals surface area contributed by atoms with Gasteiger partial charge in [0.25, 0.3) is 0 Å². The molecule has 1 aromatic carbocycles. The Hall–Kier alpha value is -4.21. The van der Waals surface area contributed by atoms with Crippen molar-refractivity contribution in [3.63, 3.8) is 0 Å². The minimum Gasteiger partial charge on any atom is -0.486 e. The summed E-state index contributed by atoms with van der Waals surface area (Å²) in [7, 11) is 0. The highest BCUT2D eigenvalue weighted by Gasteiger charge is 2.47. The van der Waals surface area contributed by atoms with Crippen LogP contribution in [0, 0.1) is 19.3 Å². The molecule has 1 unspecified atom stereocenters. The molecule has 208 valence electrons. The fourth-order valence-corrected chi connectivity index (χ4v) is 6.25. The maximum Gasteiger partial charge on any atom is 0.409 e. The summed E-state index contributed by atoms with van der Waals surface area (Å²) in [6, 6.07) is 10.1. The van der Waals surface area contributed by atoms with E-state index < -0.39 is 0 Å². The van der Waals surface area contributed by atoms with Crippen LogP contribution in [0.3, 0.4) is 0 Å². The van der Waals surface area contributed by atoms with Crippen LogP contribution in [0.1, 0.15) is 49.6 Å². The first kappa shape index (κ1) is 26.0. The molecule has 40 heavy (non-hydrogen) atoms. The van der Waals surface area contributed by atoms with E-state index >= 15 is 0 Å². The number of likely N-dealkylation sites (tertiary alicyclic amines) is 1. The number of aryl methyl sites for hydroxylation is 2. The Morgan fingerprint density at radius 2 is 2.00 bits per heavy atom. The first-order valence-electron chi connectivity index (χ1n) is 13.9. The number of amides is 1. The Kier molecular flexibility index (Phi) is 6.77. The summed E-state index contributed by atoms with van der Waals surface area (Å²) < 4.78 is 11.6. The van der Waals surface area contributed by atoms with Crippen LogP contribution in [0.15, 0.2) is 42.7 Å². The average molecular weight is 542 g/mol. The molecule has 5 heterocycles. The van der Waals surface area contributed by atoms with Gasteiger partial charge in [-0.25, -0.2) is 9.78 Å². The second-order valence-corrected chi connectivity index (χ2v) is 11.1. The lowest BCUT2D eigenvalue weighted by atomic mass is 9.73.